The molecule has 1 aromatic carbocycles. The minimum Gasteiger partial charge on any atom is -0.355 e. The maximum atomic E-state index is 13.3. The molecule has 0 unspecified atom stereocenters. The zero-order chi connectivity index (χ0) is 12.0. The van der Waals surface area contributed by atoms with Crippen LogP contribution in [0.1, 0.15) is 24.5 Å². The molecule has 0 saturated heterocycles. The molecule has 84 valence electrons. The second kappa shape index (κ2) is 5.92. The summed E-state index contributed by atoms with van der Waals surface area (Å²) in [5.41, 5.74) is 1.27. The van der Waals surface area contributed by atoms with Crippen LogP contribution < -0.4 is 5.32 Å². The van der Waals surface area contributed by atoms with Crippen LogP contribution >= 0.6 is 0 Å². The quantitative estimate of drug-likeness (QED) is 0.598. The Hall–Kier alpha value is -1.82. The number of rotatable bonds is 2. The van der Waals surface area contributed by atoms with Gasteiger partial charge in [-0.1, -0.05) is 17.9 Å². The van der Waals surface area contributed by atoms with Crippen molar-refractivity contribution >= 4 is 5.91 Å². The van der Waals surface area contributed by atoms with Gasteiger partial charge in [-0.25, -0.2) is 4.39 Å². The Kier molecular flexibility index (Phi) is 4.53. The van der Waals surface area contributed by atoms with E-state index < -0.39 is 0 Å². The normalized spacial score (nSPS) is 9.19. The molecule has 0 heterocycles. The van der Waals surface area contributed by atoms with Crippen molar-refractivity contribution in [3.8, 4) is 11.8 Å². The van der Waals surface area contributed by atoms with Crippen molar-refractivity contribution in [2.24, 2.45) is 0 Å². The van der Waals surface area contributed by atoms with E-state index in [-0.39, 0.29) is 11.7 Å². The third kappa shape index (κ3) is 4.14. The summed E-state index contributed by atoms with van der Waals surface area (Å²) < 4.78 is 13.3. The zero-order valence-corrected chi connectivity index (χ0v) is 9.43. The molecule has 0 saturated carbocycles. The highest BCUT2D eigenvalue weighted by molar-refractivity contribution is 5.72. The van der Waals surface area contributed by atoms with Crippen molar-refractivity contribution in [2.45, 2.75) is 20.3 Å². The van der Waals surface area contributed by atoms with Gasteiger partial charge >= 0.3 is 0 Å². The van der Waals surface area contributed by atoms with Crippen LogP contribution in [0.25, 0.3) is 0 Å². The summed E-state index contributed by atoms with van der Waals surface area (Å²) in [6, 6.07) is 4.94. The van der Waals surface area contributed by atoms with Crippen LogP contribution in [0.5, 0.6) is 0 Å². The number of hydrogen-bond donors (Lipinski definition) is 1. The van der Waals surface area contributed by atoms with Gasteiger partial charge in [0.2, 0.25) is 5.91 Å². The monoisotopic (exact) mass is 219 g/mol. The van der Waals surface area contributed by atoms with Crippen molar-refractivity contribution < 1.29 is 9.18 Å². The van der Waals surface area contributed by atoms with Gasteiger partial charge in [-0.05, 0) is 24.6 Å². The summed E-state index contributed by atoms with van der Waals surface area (Å²) in [4.78, 5) is 10.5. The fourth-order valence-corrected chi connectivity index (χ4v) is 1.18. The fourth-order valence-electron chi connectivity index (χ4n) is 1.18. The van der Waals surface area contributed by atoms with E-state index in [1.165, 1.54) is 13.0 Å². The number of nitrogens with one attached hydrogen (secondary N) is 1. The molecule has 2 nitrogen and oxygen atoms in total. The Balaban J connectivity index is 2.53. The molecule has 3 heteroatoms. The van der Waals surface area contributed by atoms with Crippen molar-refractivity contribution in [3.05, 3.63) is 35.1 Å². The number of amides is 1. The second-order valence-corrected chi connectivity index (χ2v) is 3.52. The number of carbonyl (C=O) groups excluding carboxylic acids is 1. The van der Waals surface area contributed by atoms with Crippen LogP contribution in [0.4, 0.5) is 4.39 Å². The first-order chi connectivity index (χ1) is 7.59. The van der Waals surface area contributed by atoms with E-state index in [1.807, 2.05) is 13.0 Å². The van der Waals surface area contributed by atoms with Crippen LogP contribution in [0.3, 0.4) is 0 Å². The van der Waals surface area contributed by atoms with Gasteiger partial charge in [-0.2, -0.15) is 0 Å². The highest BCUT2D eigenvalue weighted by Crippen LogP contribution is 2.07. The second-order valence-electron chi connectivity index (χ2n) is 3.52. The largest absolute Gasteiger partial charge is 0.355 e. The Morgan fingerprint density at radius 3 is 2.88 bits per heavy atom. The lowest BCUT2D eigenvalue weighted by atomic mass is 10.1. The lowest BCUT2D eigenvalue weighted by Crippen LogP contribution is -2.20. The summed E-state index contributed by atoms with van der Waals surface area (Å²) in [6.07, 6.45) is 0.521. The first kappa shape index (κ1) is 12.3. The number of halogens is 1. The smallest absolute Gasteiger partial charge is 0.216 e. The molecule has 1 rings (SSSR count). The Morgan fingerprint density at radius 1 is 1.50 bits per heavy atom. The predicted molar refractivity (Wildman–Crippen MR) is 61.3 cm³/mol. The van der Waals surface area contributed by atoms with Crippen LogP contribution in [-0.4, -0.2) is 12.5 Å². The van der Waals surface area contributed by atoms with Crippen molar-refractivity contribution in [1.82, 2.24) is 5.32 Å². The topological polar surface area (TPSA) is 29.1 Å². The van der Waals surface area contributed by atoms with Crippen molar-refractivity contribution in [2.75, 3.05) is 6.54 Å². The molecule has 1 aromatic rings. The highest BCUT2D eigenvalue weighted by Gasteiger charge is 1.97. The van der Waals surface area contributed by atoms with Gasteiger partial charge in [0.25, 0.3) is 0 Å². The number of carbonyl (C=O) groups is 1. The molecule has 0 bridgehead atoms. The summed E-state index contributed by atoms with van der Waals surface area (Å²) in [5.74, 6) is 5.17. The number of hydrogen-bond acceptors (Lipinski definition) is 1. The van der Waals surface area contributed by atoms with Gasteiger partial charge in [-0.3, -0.25) is 4.79 Å². The molecular formula is C13H14FNO. The number of aryl methyl sites for hydroxylation is 1. The summed E-state index contributed by atoms with van der Waals surface area (Å²) >= 11 is 0. The standard InChI is InChI=1S/C13H14FNO/c1-10-6-7-12(13(14)9-10)5-3-4-8-15-11(2)16/h6-7,9H,4,8H2,1-2H3,(H,15,16). The summed E-state index contributed by atoms with van der Waals surface area (Å²) in [6.45, 7) is 3.78. The van der Waals surface area contributed by atoms with Crippen LogP contribution in [0.15, 0.2) is 18.2 Å². The molecule has 16 heavy (non-hydrogen) atoms. The summed E-state index contributed by atoms with van der Waals surface area (Å²) in [5, 5.41) is 2.62. The minimum atomic E-state index is -0.299. The third-order valence-electron chi connectivity index (χ3n) is 1.97. The maximum absolute atomic E-state index is 13.3. The van der Waals surface area contributed by atoms with Crippen molar-refractivity contribution in [3.63, 3.8) is 0 Å². The van der Waals surface area contributed by atoms with Gasteiger partial charge in [0.1, 0.15) is 5.82 Å². The van der Waals surface area contributed by atoms with Crippen LogP contribution in [0.2, 0.25) is 0 Å². The van der Waals surface area contributed by atoms with E-state index in [0.29, 0.717) is 18.5 Å². The molecule has 0 aliphatic carbocycles. The molecular weight excluding hydrogens is 205 g/mol. The van der Waals surface area contributed by atoms with E-state index in [2.05, 4.69) is 17.2 Å². The van der Waals surface area contributed by atoms with E-state index in [9.17, 15) is 9.18 Å². The Bertz CT molecular complexity index is 443. The van der Waals surface area contributed by atoms with Crippen molar-refractivity contribution in [1.29, 1.82) is 0 Å². The van der Waals surface area contributed by atoms with Gasteiger partial charge in [0.15, 0.2) is 0 Å². The Morgan fingerprint density at radius 2 is 2.25 bits per heavy atom. The van der Waals surface area contributed by atoms with E-state index >= 15 is 0 Å². The predicted octanol–water partition coefficient (Wildman–Crippen LogP) is 2.01. The molecule has 1 amide bonds. The molecule has 0 aliphatic heterocycles. The van der Waals surface area contributed by atoms with Gasteiger partial charge < -0.3 is 5.32 Å². The molecule has 0 spiro atoms. The van der Waals surface area contributed by atoms with Gasteiger partial charge in [-0.15, -0.1) is 0 Å². The average Bonchev–Trinajstić information content (AvgIpc) is 2.20. The van der Waals surface area contributed by atoms with Crippen LogP contribution in [-0.2, 0) is 4.79 Å². The SMILES string of the molecule is CC(=O)NCCC#Cc1ccc(C)cc1F. The van der Waals surface area contributed by atoms with Gasteiger partial charge in [0, 0.05) is 19.9 Å². The zero-order valence-electron chi connectivity index (χ0n) is 9.43. The Labute approximate surface area is 94.9 Å². The van der Waals surface area contributed by atoms with Gasteiger partial charge in [0.05, 0.1) is 5.56 Å². The van der Waals surface area contributed by atoms with Crippen LogP contribution in [0, 0.1) is 24.6 Å². The molecule has 0 radical (unpaired) electrons. The van der Waals surface area contributed by atoms with E-state index in [1.54, 1.807) is 6.07 Å². The van der Waals surface area contributed by atoms with E-state index in [0.717, 1.165) is 5.56 Å². The maximum Gasteiger partial charge on any atom is 0.216 e. The molecule has 1 N–H and O–H groups in total. The number of benzene rings is 1. The summed E-state index contributed by atoms with van der Waals surface area (Å²) in [7, 11) is 0. The average molecular weight is 219 g/mol. The molecule has 0 fully saturated rings. The molecule has 0 atom stereocenters. The highest BCUT2D eigenvalue weighted by atomic mass is 19.1. The lowest BCUT2D eigenvalue weighted by Gasteiger charge is -1.96. The fraction of sp³-hybridized carbons (Fsp3) is 0.308. The third-order valence-corrected chi connectivity index (χ3v) is 1.97. The lowest BCUT2D eigenvalue weighted by molar-refractivity contribution is -0.118. The molecule has 0 aromatic heterocycles. The first-order valence-corrected chi connectivity index (χ1v) is 5.09. The molecule has 0 aliphatic rings. The van der Waals surface area contributed by atoms with E-state index in [4.69, 9.17) is 0 Å². The minimum absolute atomic E-state index is 0.0803. The first-order valence-electron chi connectivity index (χ1n) is 5.09.